The van der Waals surface area contributed by atoms with E-state index in [2.05, 4.69) is 22.9 Å². The first-order valence-corrected chi connectivity index (χ1v) is 9.05. The van der Waals surface area contributed by atoms with Gasteiger partial charge in [0, 0.05) is 17.1 Å². The molecule has 1 aromatic rings. The average molecular weight is 367 g/mol. The molecule has 0 N–H and O–H groups in total. The molecular weight excluding hydrogens is 350 g/mol. The molecule has 0 spiro atoms. The molecule has 1 aromatic carbocycles. The highest BCUT2D eigenvalue weighted by molar-refractivity contribution is 9.10. The molecule has 0 atom stereocenters. The van der Waals surface area contributed by atoms with E-state index in [1.54, 1.807) is 22.5 Å². The van der Waals surface area contributed by atoms with Crippen LogP contribution in [0.3, 0.4) is 0 Å². The second-order valence-corrected chi connectivity index (χ2v) is 7.96. The van der Waals surface area contributed by atoms with Crippen molar-refractivity contribution in [3.63, 3.8) is 0 Å². The van der Waals surface area contributed by atoms with Crippen LogP contribution in [0.5, 0.6) is 0 Å². The maximum atomic E-state index is 12.7. The van der Waals surface area contributed by atoms with E-state index in [1.165, 1.54) is 0 Å². The first-order valence-electron chi connectivity index (χ1n) is 6.43. The molecule has 0 bridgehead atoms. The maximum absolute atomic E-state index is 12.7. The molecule has 0 saturated heterocycles. The van der Waals surface area contributed by atoms with Crippen LogP contribution >= 0.6 is 27.5 Å². The zero-order valence-corrected chi connectivity index (χ0v) is 13.9. The van der Waals surface area contributed by atoms with Crippen molar-refractivity contribution in [1.82, 2.24) is 4.31 Å². The number of nitrogens with zero attached hydrogens (tertiary/aromatic N) is 1. The average Bonchev–Trinajstić information content (AvgIpc) is 3.13. The van der Waals surface area contributed by atoms with Crippen molar-refractivity contribution < 1.29 is 8.42 Å². The first-order chi connectivity index (χ1) is 8.96. The Hall–Kier alpha value is -0.100. The van der Waals surface area contributed by atoms with E-state index in [4.69, 9.17) is 11.6 Å². The number of sulfonamides is 1. The highest BCUT2D eigenvalue weighted by atomic mass is 79.9. The molecule has 0 aliphatic heterocycles. The van der Waals surface area contributed by atoms with E-state index in [1.807, 2.05) is 0 Å². The van der Waals surface area contributed by atoms with Gasteiger partial charge < -0.3 is 0 Å². The summed E-state index contributed by atoms with van der Waals surface area (Å²) in [6.45, 7) is 2.64. The van der Waals surface area contributed by atoms with Gasteiger partial charge in [-0.25, -0.2) is 8.42 Å². The van der Waals surface area contributed by atoms with Gasteiger partial charge in [-0.1, -0.05) is 40.9 Å². The molecule has 6 heteroatoms. The fourth-order valence-electron chi connectivity index (χ4n) is 1.99. The third-order valence-electron chi connectivity index (χ3n) is 3.17. The quantitative estimate of drug-likeness (QED) is 0.761. The van der Waals surface area contributed by atoms with E-state index in [-0.39, 0.29) is 16.0 Å². The van der Waals surface area contributed by atoms with Crippen molar-refractivity contribution in [1.29, 1.82) is 0 Å². The lowest BCUT2D eigenvalue weighted by Gasteiger charge is -2.22. The summed E-state index contributed by atoms with van der Waals surface area (Å²) in [6, 6.07) is 5.07. The number of benzene rings is 1. The van der Waals surface area contributed by atoms with Gasteiger partial charge in [0.05, 0.1) is 5.02 Å². The largest absolute Gasteiger partial charge is 0.244 e. The summed E-state index contributed by atoms with van der Waals surface area (Å²) in [4.78, 5) is 0.209. The van der Waals surface area contributed by atoms with Crippen molar-refractivity contribution in [2.24, 2.45) is 0 Å². The van der Waals surface area contributed by atoms with Gasteiger partial charge in [0.15, 0.2) is 0 Å². The molecule has 1 fully saturated rings. The molecular formula is C13H17BrClNO2S. The minimum absolute atomic E-state index is 0.163. The molecule has 0 unspecified atom stereocenters. The monoisotopic (exact) mass is 365 g/mol. The SMILES string of the molecule is CCCCN(C1CC1)S(=O)(=O)c1ccc(Br)cc1Cl. The van der Waals surface area contributed by atoms with E-state index in [0.717, 1.165) is 30.2 Å². The van der Waals surface area contributed by atoms with Gasteiger partial charge in [-0.3, -0.25) is 0 Å². The number of rotatable bonds is 6. The van der Waals surface area contributed by atoms with Gasteiger partial charge in [-0.05, 0) is 37.5 Å². The minimum atomic E-state index is -3.48. The molecule has 1 saturated carbocycles. The highest BCUT2D eigenvalue weighted by Gasteiger charge is 2.38. The summed E-state index contributed by atoms with van der Waals surface area (Å²) in [5, 5.41) is 0.275. The van der Waals surface area contributed by atoms with E-state index in [0.29, 0.717) is 6.54 Å². The minimum Gasteiger partial charge on any atom is -0.207 e. The van der Waals surface area contributed by atoms with Crippen LogP contribution in [-0.4, -0.2) is 25.3 Å². The van der Waals surface area contributed by atoms with Gasteiger partial charge in [0.1, 0.15) is 4.90 Å². The lowest BCUT2D eigenvalue weighted by molar-refractivity contribution is 0.396. The van der Waals surface area contributed by atoms with Crippen molar-refractivity contribution >= 4 is 37.6 Å². The summed E-state index contributed by atoms with van der Waals surface area (Å²) in [6.07, 6.45) is 3.77. The number of halogens is 2. The van der Waals surface area contributed by atoms with Crippen LogP contribution in [0, 0.1) is 0 Å². The Morgan fingerprint density at radius 1 is 1.42 bits per heavy atom. The van der Waals surface area contributed by atoms with Gasteiger partial charge in [0.2, 0.25) is 10.0 Å². The summed E-state index contributed by atoms with van der Waals surface area (Å²) < 4.78 is 27.8. The normalized spacial score (nSPS) is 16.0. The zero-order chi connectivity index (χ0) is 14.0. The first kappa shape index (κ1) is 15.3. The van der Waals surface area contributed by atoms with Gasteiger partial charge >= 0.3 is 0 Å². The lowest BCUT2D eigenvalue weighted by Crippen LogP contribution is -2.34. The fourth-order valence-corrected chi connectivity index (χ4v) is 4.72. The maximum Gasteiger partial charge on any atom is 0.244 e. The molecule has 1 aliphatic carbocycles. The standard InChI is InChI=1S/C13H17BrClNO2S/c1-2-3-8-16(11-5-6-11)19(17,18)13-7-4-10(14)9-12(13)15/h4,7,9,11H,2-3,5-6,8H2,1H3. The lowest BCUT2D eigenvalue weighted by atomic mass is 10.3. The predicted octanol–water partition coefficient (Wildman–Crippen LogP) is 4.06. The summed E-state index contributed by atoms with van der Waals surface area (Å²) in [5.41, 5.74) is 0. The van der Waals surface area contributed by atoms with Gasteiger partial charge in [0.25, 0.3) is 0 Å². The van der Waals surface area contributed by atoms with E-state index in [9.17, 15) is 8.42 Å². The summed E-state index contributed by atoms with van der Waals surface area (Å²) in [7, 11) is -3.48. The molecule has 1 aliphatic rings. The highest BCUT2D eigenvalue weighted by Crippen LogP contribution is 2.35. The Bertz CT molecular complexity index is 558. The number of hydrogen-bond donors (Lipinski definition) is 0. The Kier molecular flexibility index (Phi) is 4.93. The van der Waals surface area contributed by atoms with Crippen LogP contribution in [0.25, 0.3) is 0 Å². The molecule has 0 aromatic heterocycles. The number of hydrogen-bond acceptors (Lipinski definition) is 2. The second-order valence-electron chi connectivity index (χ2n) is 4.78. The third-order valence-corrected chi connectivity index (χ3v) is 6.09. The van der Waals surface area contributed by atoms with Crippen molar-refractivity contribution in [3.8, 4) is 0 Å². The Labute approximate surface area is 128 Å². The molecule has 0 amide bonds. The molecule has 0 heterocycles. The third kappa shape index (κ3) is 3.51. The van der Waals surface area contributed by atoms with Crippen molar-refractivity contribution in [2.45, 2.75) is 43.5 Å². The molecule has 19 heavy (non-hydrogen) atoms. The fraction of sp³-hybridized carbons (Fsp3) is 0.538. The molecule has 106 valence electrons. The molecule has 3 nitrogen and oxygen atoms in total. The number of unbranched alkanes of at least 4 members (excludes halogenated alkanes) is 1. The van der Waals surface area contributed by atoms with Crippen molar-refractivity contribution in [3.05, 3.63) is 27.7 Å². The van der Waals surface area contributed by atoms with Crippen molar-refractivity contribution in [2.75, 3.05) is 6.54 Å². The van der Waals surface area contributed by atoms with Crippen LogP contribution in [0.4, 0.5) is 0 Å². The van der Waals surface area contributed by atoms with E-state index < -0.39 is 10.0 Å². The Balaban J connectivity index is 2.33. The van der Waals surface area contributed by atoms with Gasteiger partial charge in [-0.2, -0.15) is 4.31 Å². The summed E-state index contributed by atoms with van der Waals surface area (Å²) in [5.74, 6) is 0. The van der Waals surface area contributed by atoms with Crippen LogP contribution in [-0.2, 0) is 10.0 Å². The van der Waals surface area contributed by atoms with E-state index >= 15 is 0 Å². The topological polar surface area (TPSA) is 37.4 Å². The van der Waals surface area contributed by atoms with Crippen LogP contribution in [0.15, 0.2) is 27.6 Å². The summed E-state index contributed by atoms with van der Waals surface area (Å²) >= 11 is 9.37. The Morgan fingerprint density at radius 2 is 2.11 bits per heavy atom. The second kappa shape index (κ2) is 6.12. The molecule has 2 rings (SSSR count). The smallest absolute Gasteiger partial charge is 0.207 e. The molecule has 0 radical (unpaired) electrons. The van der Waals surface area contributed by atoms with Crippen LogP contribution < -0.4 is 0 Å². The Morgan fingerprint density at radius 3 is 2.63 bits per heavy atom. The zero-order valence-electron chi connectivity index (χ0n) is 10.8. The van der Waals surface area contributed by atoms with Crippen LogP contribution in [0.2, 0.25) is 5.02 Å². The predicted molar refractivity (Wildman–Crippen MR) is 81.0 cm³/mol. The van der Waals surface area contributed by atoms with Gasteiger partial charge in [-0.15, -0.1) is 0 Å². The van der Waals surface area contributed by atoms with Crippen LogP contribution in [0.1, 0.15) is 32.6 Å².